The maximum absolute atomic E-state index is 2.40. The zero-order chi connectivity index (χ0) is 79.1. The van der Waals surface area contributed by atoms with Gasteiger partial charge in [-0.25, -0.2) is 0 Å². The Balaban J connectivity index is 0.000000156. The molecule has 0 unspecified atom stereocenters. The van der Waals surface area contributed by atoms with E-state index in [9.17, 15) is 0 Å². The molecule has 0 atom stereocenters. The highest BCUT2D eigenvalue weighted by Gasteiger charge is 2.24. The van der Waals surface area contributed by atoms with Gasteiger partial charge in [-0.1, -0.05) is 413 Å². The molecule has 0 bridgehead atoms. The van der Waals surface area contributed by atoms with Gasteiger partial charge >= 0.3 is 0 Å². The molecule has 120 heavy (non-hydrogen) atoms. The van der Waals surface area contributed by atoms with Crippen LogP contribution in [-0.4, -0.2) is 0 Å². The second-order valence-corrected chi connectivity index (χ2v) is 31.9. The van der Waals surface area contributed by atoms with Gasteiger partial charge in [-0.15, -0.1) is 0 Å². The summed E-state index contributed by atoms with van der Waals surface area (Å²) in [5.41, 5.74) is 25.1. The van der Waals surface area contributed by atoms with Crippen LogP contribution in [0.5, 0.6) is 0 Å². The Bertz CT molecular complexity index is 7530. The van der Waals surface area contributed by atoms with E-state index in [0.29, 0.717) is 0 Å². The maximum Gasteiger partial charge on any atom is -0.00262 e. The summed E-state index contributed by atoms with van der Waals surface area (Å²) in [6, 6.07) is 170. The van der Waals surface area contributed by atoms with Gasteiger partial charge in [0.1, 0.15) is 0 Å². The van der Waals surface area contributed by atoms with Crippen molar-refractivity contribution in [3.05, 3.63) is 461 Å². The summed E-state index contributed by atoms with van der Waals surface area (Å²) in [7, 11) is 0. The minimum absolute atomic E-state index is 1.22. The lowest BCUT2D eigenvalue weighted by Gasteiger charge is -2.19. The monoisotopic (exact) mass is 1520 g/mol. The van der Waals surface area contributed by atoms with Crippen LogP contribution in [0.4, 0.5) is 0 Å². The van der Waals surface area contributed by atoms with Gasteiger partial charge in [-0.3, -0.25) is 0 Å². The largest absolute Gasteiger partial charge is 0.0622 e. The van der Waals surface area contributed by atoms with Crippen LogP contribution in [-0.2, 0) is 0 Å². The van der Waals surface area contributed by atoms with E-state index in [1.165, 1.54) is 241 Å². The Labute approximate surface area is 696 Å². The molecule has 24 rings (SSSR count). The third-order valence-electron chi connectivity index (χ3n) is 25.2. The Kier molecular flexibility index (Phi) is 17.1. The van der Waals surface area contributed by atoms with Crippen LogP contribution in [0.2, 0.25) is 0 Å². The zero-order valence-corrected chi connectivity index (χ0v) is 65.9. The summed E-state index contributed by atoms with van der Waals surface area (Å²) >= 11 is 0. The van der Waals surface area contributed by atoms with E-state index < -0.39 is 0 Å². The van der Waals surface area contributed by atoms with Crippen molar-refractivity contribution in [2.24, 2.45) is 0 Å². The Hall–Kier alpha value is -15.6. The van der Waals surface area contributed by atoms with Crippen molar-refractivity contribution < 1.29 is 0 Å². The molecule has 0 aliphatic rings. The molecule has 556 valence electrons. The van der Waals surface area contributed by atoms with E-state index in [0.717, 1.165) is 0 Å². The van der Waals surface area contributed by atoms with Crippen LogP contribution >= 0.6 is 0 Å². The summed E-state index contributed by atoms with van der Waals surface area (Å²) in [5, 5.41) is 30.1. The predicted molar refractivity (Wildman–Crippen MR) is 517 cm³/mol. The summed E-state index contributed by atoms with van der Waals surface area (Å²) in [5.74, 6) is 0. The van der Waals surface area contributed by atoms with Gasteiger partial charge in [0.25, 0.3) is 0 Å². The van der Waals surface area contributed by atoms with E-state index >= 15 is 0 Å². The van der Waals surface area contributed by atoms with Crippen LogP contribution in [0, 0.1) is 0 Å². The predicted octanol–water partition coefficient (Wildman–Crippen LogP) is 33.9. The molecular weight excluding hydrogens is 1440 g/mol. The van der Waals surface area contributed by atoms with Gasteiger partial charge in [0.05, 0.1) is 0 Å². The van der Waals surface area contributed by atoms with Crippen molar-refractivity contribution in [2.45, 2.75) is 0 Å². The van der Waals surface area contributed by atoms with E-state index in [4.69, 9.17) is 0 Å². The molecule has 0 N–H and O–H groups in total. The van der Waals surface area contributed by atoms with Gasteiger partial charge in [0.15, 0.2) is 0 Å². The number of benzene rings is 24. The average molecular weight is 1520 g/mol. The normalized spacial score (nSPS) is 11.7. The molecule has 0 spiro atoms. The molecule has 0 saturated heterocycles. The average Bonchev–Trinajstić information content (AvgIpc) is 0.741. The van der Waals surface area contributed by atoms with Crippen molar-refractivity contribution >= 4 is 129 Å². The van der Waals surface area contributed by atoms with Crippen LogP contribution < -0.4 is 0 Å². The minimum Gasteiger partial charge on any atom is -0.0622 e. The van der Waals surface area contributed by atoms with Crippen molar-refractivity contribution in [2.75, 3.05) is 0 Å². The van der Waals surface area contributed by atoms with Crippen molar-refractivity contribution in [3.63, 3.8) is 0 Å². The highest BCUT2D eigenvalue weighted by Crippen LogP contribution is 2.51. The first kappa shape index (κ1) is 69.9. The smallest absolute Gasteiger partial charge is 0.00262 e. The van der Waals surface area contributed by atoms with Crippen LogP contribution in [0.3, 0.4) is 0 Å². The topological polar surface area (TPSA) is 0 Å². The lowest BCUT2D eigenvalue weighted by molar-refractivity contribution is 1.64. The highest BCUT2D eigenvalue weighted by atomic mass is 14.3. The van der Waals surface area contributed by atoms with Crippen LogP contribution in [0.1, 0.15) is 0 Å². The number of hydrogen-bond acceptors (Lipinski definition) is 0. The lowest BCUT2D eigenvalue weighted by Crippen LogP contribution is -1.92. The lowest BCUT2D eigenvalue weighted by atomic mass is 9.84. The Morgan fingerprint density at radius 2 is 0.192 bits per heavy atom. The van der Waals surface area contributed by atoms with E-state index in [-0.39, 0.29) is 0 Å². The van der Waals surface area contributed by atoms with Crippen molar-refractivity contribution in [3.8, 4) is 111 Å². The summed E-state index contributed by atoms with van der Waals surface area (Å²) in [6.45, 7) is 0. The molecular formula is C120H76. The zero-order valence-electron chi connectivity index (χ0n) is 65.9. The standard InChI is InChI=1S/C74H46.C46H30/c1-3-19-47(20-4-1)69-57-23-7-11-27-61(57)71(62-28-12-8-24-58(62)69)53-39-35-51-45-55(41-37-49(51)43-53)73-65-31-15-17-33-67(65)74(68-34-18-16-32-66(68)73)56-42-38-50-44-54(40-36-52(50)46-56)72-63-29-13-9-25-59(63)70(48-21-5-2-6-22-48)60-26-10-14-30-64(60)72;1-3-11-31(12-4-1)33-19-21-37-29-39(25-23-35(37)27-33)45-41-15-7-9-17-43(41)46(44-18-10-8-16-42(44)45)40-26-24-36-28-34(20-22-38(36)30-40)32-13-5-2-6-14-32/h1-46H;1-30H. The second kappa shape index (κ2) is 29.3. The molecule has 0 heterocycles. The number of fused-ring (bicyclic) bond motifs is 12. The number of hydrogen-bond donors (Lipinski definition) is 0. The fourth-order valence-electron chi connectivity index (χ4n) is 19.7. The molecule has 0 aliphatic heterocycles. The molecule has 0 amide bonds. The molecule has 24 aromatic carbocycles. The van der Waals surface area contributed by atoms with Gasteiger partial charge in [-0.05, 0) is 289 Å². The first-order valence-corrected chi connectivity index (χ1v) is 41.7. The summed E-state index contributed by atoms with van der Waals surface area (Å²) in [4.78, 5) is 0. The molecule has 24 aromatic rings. The Morgan fingerprint density at radius 1 is 0.0750 bits per heavy atom. The quantitative estimate of drug-likeness (QED) is 0.120. The SMILES string of the molecule is c1ccc(-c2c3ccccc3c(-c3ccc4cc(-c5c6ccccc6c(-c6ccc7cc(-c8c9ccccc9c(-c9ccccc9)c9ccccc89)ccc7c6)c6ccccc56)ccc4c3)c3ccccc23)cc1.c1ccc(-c2ccc3cc(-c4c5ccccc5c(-c5ccc6cc(-c7ccccc7)ccc6c5)c5ccccc45)ccc3c2)cc1. The minimum atomic E-state index is 1.22. The molecule has 0 nitrogen and oxygen atoms in total. The van der Waals surface area contributed by atoms with Gasteiger partial charge < -0.3 is 0 Å². The first-order chi connectivity index (χ1) is 59.5. The number of rotatable bonds is 10. The van der Waals surface area contributed by atoms with E-state index in [2.05, 4.69) is 461 Å². The third-order valence-corrected chi connectivity index (χ3v) is 25.2. The highest BCUT2D eigenvalue weighted by molar-refractivity contribution is 6.27. The first-order valence-electron chi connectivity index (χ1n) is 41.7. The maximum atomic E-state index is 2.40. The van der Waals surface area contributed by atoms with E-state index in [1.54, 1.807) is 0 Å². The van der Waals surface area contributed by atoms with Gasteiger partial charge in [0.2, 0.25) is 0 Å². The van der Waals surface area contributed by atoms with Gasteiger partial charge in [0, 0.05) is 0 Å². The van der Waals surface area contributed by atoms with E-state index in [1.807, 2.05) is 0 Å². The fraction of sp³-hybridized carbons (Fsp3) is 0. The molecule has 0 heteroatoms. The molecule has 0 aromatic heterocycles. The summed E-state index contributed by atoms with van der Waals surface area (Å²) in [6.07, 6.45) is 0. The Morgan fingerprint density at radius 3 is 0.350 bits per heavy atom. The summed E-state index contributed by atoms with van der Waals surface area (Å²) < 4.78 is 0. The van der Waals surface area contributed by atoms with Crippen LogP contribution in [0.25, 0.3) is 241 Å². The molecule has 0 fully saturated rings. The molecule has 0 aliphatic carbocycles. The van der Waals surface area contributed by atoms with Crippen molar-refractivity contribution in [1.82, 2.24) is 0 Å². The molecule has 0 saturated carbocycles. The van der Waals surface area contributed by atoms with Crippen molar-refractivity contribution in [1.29, 1.82) is 0 Å². The van der Waals surface area contributed by atoms with Gasteiger partial charge in [-0.2, -0.15) is 0 Å². The third kappa shape index (κ3) is 12.0. The second-order valence-electron chi connectivity index (χ2n) is 31.9. The fourth-order valence-corrected chi connectivity index (χ4v) is 19.7. The molecule has 0 radical (unpaired) electrons. The van der Waals surface area contributed by atoms with Crippen LogP contribution in [0.15, 0.2) is 461 Å².